The molecule has 0 aromatic carbocycles. The lowest BCUT2D eigenvalue weighted by Gasteiger charge is -2.27. The van der Waals surface area contributed by atoms with Crippen molar-refractivity contribution in [2.75, 3.05) is 6.61 Å². The van der Waals surface area contributed by atoms with Crippen LogP contribution in [-0.4, -0.2) is 57.3 Å². The van der Waals surface area contributed by atoms with Crippen molar-refractivity contribution in [1.29, 1.82) is 0 Å². The largest absolute Gasteiger partial charge is 0.394 e. The number of aliphatic hydroxyl groups excluding tert-OH is 4. The van der Waals surface area contributed by atoms with E-state index in [1.807, 2.05) is 0 Å². The summed E-state index contributed by atoms with van der Waals surface area (Å²) in [5, 5.41) is 43.3. The summed E-state index contributed by atoms with van der Waals surface area (Å²) in [6, 6.07) is -1.01. The van der Waals surface area contributed by atoms with Crippen molar-refractivity contribution in [3.63, 3.8) is 0 Å². The van der Waals surface area contributed by atoms with E-state index in [4.69, 9.17) is 0 Å². The molecule has 46 heavy (non-hydrogen) atoms. The molecule has 0 aromatic heterocycles. The van der Waals surface area contributed by atoms with Crippen LogP contribution in [0.25, 0.3) is 0 Å². The fourth-order valence-electron chi connectivity index (χ4n) is 5.63. The number of carbonyl (C=O) groups is 1. The number of hydrogen-bond acceptors (Lipinski definition) is 5. The van der Waals surface area contributed by atoms with E-state index in [1.54, 1.807) is 0 Å². The quantitative estimate of drug-likeness (QED) is 0.0352. The Hall–Kier alpha value is -1.47. The number of nitrogens with one attached hydrogen (secondary N) is 1. The minimum Gasteiger partial charge on any atom is -0.394 e. The van der Waals surface area contributed by atoms with E-state index in [2.05, 4.69) is 55.6 Å². The van der Waals surface area contributed by atoms with Crippen molar-refractivity contribution in [2.24, 2.45) is 0 Å². The van der Waals surface area contributed by atoms with Crippen molar-refractivity contribution >= 4 is 5.91 Å². The summed E-state index contributed by atoms with van der Waals surface area (Å²) in [4.78, 5) is 12.4. The first-order valence-corrected chi connectivity index (χ1v) is 19.4. The lowest BCUT2D eigenvalue weighted by Crippen LogP contribution is -2.53. The second-order valence-electron chi connectivity index (χ2n) is 13.3. The number of hydrogen-bond donors (Lipinski definition) is 5. The Balaban J connectivity index is 3.85. The minimum absolute atomic E-state index is 0.344. The lowest BCUT2D eigenvalue weighted by atomic mass is 10.00. The monoisotopic (exact) mass is 650 g/mol. The second-order valence-corrected chi connectivity index (χ2v) is 13.3. The first kappa shape index (κ1) is 44.5. The van der Waals surface area contributed by atoms with E-state index in [9.17, 15) is 25.2 Å². The zero-order valence-electron chi connectivity index (χ0n) is 30.1. The number of amides is 1. The molecular weight excluding hydrogens is 574 g/mol. The zero-order valence-corrected chi connectivity index (χ0v) is 30.1. The summed E-state index contributed by atoms with van der Waals surface area (Å²) in [5.74, 6) is -0.611. The van der Waals surface area contributed by atoms with Crippen LogP contribution in [0.4, 0.5) is 0 Å². The van der Waals surface area contributed by atoms with Crippen molar-refractivity contribution in [3.8, 4) is 0 Å². The molecule has 4 atom stereocenters. The molecular formula is C40H75NO5. The van der Waals surface area contributed by atoms with Gasteiger partial charge in [-0.05, 0) is 70.6 Å². The fraction of sp³-hybridized carbons (Fsp3) is 0.825. The molecule has 0 aliphatic heterocycles. The number of unbranched alkanes of at least 4 members (excludes halogenated alkanes) is 19. The molecule has 6 nitrogen and oxygen atoms in total. The molecule has 0 bridgehead atoms. The molecule has 0 spiro atoms. The first-order valence-electron chi connectivity index (χ1n) is 19.4. The van der Waals surface area contributed by atoms with Gasteiger partial charge in [0.2, 0.25) is 5.91 Å². The summed E-state index contributed by atoms with van der Waals surface area (Å²) in [5.41, 5.74) is 0. The highest BCUT2D eigenvalue weighted by atomic mass is 16.3. The van der Waals surface area contributed by atoms with Crippen LogP contribution in [0.3, 0.4) is 0 Å². The van der Waals surface area contributed by atoms with Gasteiger partial charge in [0.1, 0.15) is 12.2 Å². The SMILES string of the molecule is CCCC/C=C\CCCCCCC(O)C(=O)NC(CO)C(O)C(O)CCC/C=C/CC/C=C/CCCCCCCCCCCCC. The molecule has 5 N–H and O–H groups in total. The highest BCUT2D eigenvalue weighted by molar-refractivity contribution is 5.80. The Bertz CT molecular complexity index is 737. The lowest BCUT2D eigenvalue weighted by molar-refractivity contribution is -0.132. The Morgan fingerprint density at radius 1 is 0.522 bits per heavy atom. The van der Waals surface area contributed by atoms with Gasteiger partial charge in [0.25, 0.3) is 0 Å². The normalized spacial score (nSPS) is 14.8. The molecule has 1 amide bonds. The third-order valence-electron chi connectivity index (χ3n) is 8.80. The van der Waals surface area contributed by atoms with Gasteiger partial charge in [-0.2, -0.15) is 0 Å². The predicted molar refractivity (Wildman–Crippen MR) is 196 cm³/mol. The topological polar surface area (TPSA) is 110 Å². The Labute approximate surface area is 284 Å². The van der Waals surface area contributed by atoms with Crippen LogP contribution in [0.1, 0.15) is 181 Å². The maximum Gasteiger partial charge on any atom is 0.249 e. The molecule has 0 aliphatic carbocycles. The maximum absolute atomic E-state index is 12.4. The van der Waals surface area contributed by atoms with Crippen LogP contribution < -0.4 is 5.32 Å². The zero-order chi connectivity index (χ0) is 33.9. The number of rotatable bonds is 34. The van der Waals surface area contributed by atoms with E-state index in [0.29, 0.717) is 19.3 Å². The average molecular weight is 650 g/mol. The molecule has 0 rings (SSSR count). The van der Waals surface area contributed by atoms with Crippen molar-refractivity contribution < 1.29 is 25.2 Å². The highest BCUT2D eigenvalue weighted by Gasteiger charge is 2.28. The summed E-state index contributed by atoms with van der Waals surface area (Å²) < 4.78 is 0. The molecule has 0 aromatic rings. The van der Waals surface area contributed by atoms with Crippen LogP contribution in [-0.2, 0) is 4.79 Å². The molecule has 4 unspecified atom stereocenters. The van der Waals surface area contributed by atoms with E-state index >= 15 is 0 Å². The molecule has 0 saturated heterocycles. The molecule has 0 aliphatic rings. The van der Waals surface area contributed by atoms with Gasteiger partial charge in [0.05, 0.1) is 18.8 Å². The van der Waals surface area contributed by atoms with Crippen molar-refractivity contribution in [3.05, 3.63) is 36.5 Å². The highest BCUT2D eigenvalue weighted by Crippen LogP contribution is 2.14. The minimum atomic E-state index is -1.29. The van der Waals surface area contributed by atoms with Crippen LogP contribution in [0.15, 0.2) is 36.5 Å². The van der Waals surface area contributed by atoms with Gasteiger partial charge < -0.3 is 25.7 Å². The Kier molecular flexibility index (Phi) is 33.7. The first-order chi connectivity index (χ1) is 22.5. The van der Waals surface area contributed by atoms with E-state index in [1.165, 1.54) is 89.9 Å². The van der Waals surface area contributed by atoms with Crippen LogP contribution in [0, 0.1) is 0 Å². The van der Waals surface area contributed by atoms with E-state index < -0.39 is 36.9 Å². The van der Waals surface area contributed by atoms with E-state index in [-0.39, 0.29) is 0 Å². The summed E-state index contributed by atoms with van der Waals surface area (Å²) >= 11 is 0. The number of aliphatic hydroxyl groups is 4. The summed E-state index contributed by atoms with van der Waals surface area (Å²) in [6.07, 6.45) is 38.9. The maximum atomic E-state index is 12.4. The predicted octanol–water partition coefficient (Wildman–Crippen LogP) is 9.40. The fourth-order valence-corrected chi connectivity index (χ4v) is 5.63. The Morgan fingerprint density at radius 3 is 1.43 bits per heavy atom. The third kappa shape index (κ3) is 28.7. The van der Waals surface area contributed by atoms with Gasteiger partial charge in [-0.3, -0.25) is 4.79 Å². The Morgan fingerprint density at radius 2 is 0.935 bits per heavy atom. The van der Waals surface area contributed by atoms with E-state index in [0.717, 1.165) is 57.8 Å². The van der Waals surface area contributed by atoms with Gasteiger partial charge in [-0.1, -0.05) is 147 Å². The standard InChI is InChI=1S/C40H75NO5/c1-3-5-7-9-11-13-15-16-17-18-19-20-21-22-23-24-26-27-29-31-33-37(43)39(45)36(35-42)41-40(46)38(44)34-32-30-28-25-14-12-10-8-6-4-2/h10,12,21-22,26-27,36-39,42-45H,3-9,11,13-20,23-25,28-35H2,1-2H3,(H,41,46)/b12-10-,22-21+,27-26+. The van der Waals surface area contributed by atoms with Gasteiger partial charge in [0, 0.05) is 0 Å². The van der Waals surface area contributed by atoms with Crippen molar-refractivity contribution in [1.82, 2.24) is 5.32 Å². The molecule has 0 heterocycles. The van der Waals surface area contributed by atoms with Gasteiger partial charge in [-0.25, -0.2) is 0 Å². The summed E-state index contributed by atoms with van der Waals surface area (Å²) in [7, 11) is 0. The van der Waals surface area contributed by atoms with Crippen LogP contribution in [0.2, 0.25) is 0 Å². The van der Waals surface area contributed by atoms with Crippen LogP contribution in [0.5, 0.6) is 0 Å². The summed E-state index contributed by atoms with van der Waals surface area (Å²) in [6.45, 7) is 3.96. The molecule has 0 fully saturated rings. The molecule has 0 saturated carbocycles. The third-order valence-corrected chi connectivity index (χ3v) is 8.80. The smallest absolute Gasteiger partial charge is 0.249 e. The van der Waals surface area contributed by atoms with Gasteiger partial charge in [-0.15, -0.1) is 0 Å². The second kappa shape index (κ2) is 34.9. The number of carbonyl (C=O) groups excluding carboxylic acids is 1. The molecule has 270 valence electrons. The average Bonchev–Trinajstić information content (AvgIpc) is 3.06. The van der Waals surface area contributed by atoms with Crippen molar-refractivity contribution in [2.45, 2.75) is 205 Å². The number of allylic oxidation sites excluding steroid dienone is 6. The molecule has 0 radical (unpaired) electrons. The van der Waals surface area contributed by atoms with Crippen LogP contribution >= 0.6 is 0 Å². The molecule has 6 heteroatoms. The van der Waals surface area contributed by atoms with Gasteiger partial charge >= 0.3 is 0 Å². The van der Waals surface area contributed by atoms with Gasteiger partial charge in [0.15, 0.2) is 0 Å².